The Kier molecular flexibility index (Phi) is 5.26. The van der Waals surface area contributed by atoms with Crippen molar-refractivity contribution in [3.8, 4) is 0 Å². The van der Waals surface area contributed by atoms with E-state index in [1.165, 1.54) is 18.2 Å². The molecule has 2 nitrogen and oxygen atoms in total. The normalized spacial score (nSPS) is 12.0. The fraction of sp³-hybridized carbons (Fsp3) is 0.278. The molecule has 2 aromatic carbocycles. The summed E-state index contributed by atoms with van der Waals surface area (Å²) in [5.41, 5.74) is 1.40. The Bertz CT molecular complexity index is 640. The second-order valence-corrected chi connectivity index (χ2v) is 5.32. The first-order chi connectivity index (χ1) is 10.5. The molecule has 0 bridgehead atoms. The van der Waals surface area contributed by atoms with Gasteiger partial charge in [0, 0.05) is 13.5 Å². The lowest BCUT2D eigenvalue weighted by atomic mass is 10.1. The van der Waals surface area contributed by atoms with Crippen LogP contribution in [0.25, 0.3) is 0 Å². The van der Waals surface area contributed by atoms with Gasteiger partial charge in [-0.1, -0.05) is 30.3 Å². The van der Waals surface area contributed by atoms with Gasteiger partial charge in [-0.15, -0.1) is 0 Å². The number of benzene rings is 2. The van der Waals surface area contributed by atoms with Crippen LogP contribution in [-0.2, 0) is 11.2 Å². The van der Waals surface area contributed by atoms with Crippen LogP contribution in [0.2, 0.25) is 0 Å². The minimum Gasteiger partial charge on any atom is -0.339 e. The van der Waals surface area contributed by atoms with E-state index in [4.69, 9.17) is 0 Å². The van der Waals surface area contributed by atoms with Crippen molar-refractivity contribution in [1.29, 1.82) is 0 Å². The maximum absolute atomic E-state index is 13.5. The highest BCUT2D eigenvalue weighted by Gasteiger charge is 2.17. The van der Waals surface area contributed by atoms with Crippen molar-refractivity contribution in [1.82, 2.24) is 4.90 Å². The monoisotopic (exact) mass is 303 g/mol. The highest BCUT2D eigenvalue weighted by molar-refractivity contribution is 5.76. The zero-order valence-corrected chi connectivity index (χ0v) is 12.7. The largest absolute Gasteiger partial charge is 0.339 e. The number of carbonyl (C=O) groups is 1. The van der Waals surface area contributed by atoms with Gasteiger partial charge in [0.15, 0.2) is 0 Å². The van der Waals surface area contributed by atoms with Gasteiger partial charge in [0.2, 0.25) is 5.91 Å². The van der Waals surface area contributed by atoms with Gasteiger partial charge < -0.3 is 4.90 Å². The summed E-state index contributed by atoms with van der Waals surface area (Å²) in [4.78, 5) is 13.8. The fourth-order valence-electron chi connectivity index (χ4n) is 2.30. The standard InChI is InChI=1S/C18H19F2NO/c1-13(14-7-10-16(19)11-8-14)21(2)18(22)12-9-15-5-3-4-6-17(15)20/h3-8,10-11,13H,9,12H2,1-2H3. The molecule has 2 aromatic rings. The quantitative estimate of drug-likeness (QED) is 0.813. The predicted octanol–water partition coefficient (Wildman–Crippen LogP) is 4.12. The molecular weight excluding hydrogens is 284 g/mol. The van der Waals surface area contributed by atoms with E-state index in [2.05, 4.69) is 0 Å². The zero-order valence-electron chi connectivity index (χ0n) is 12.7. The molecule has 22 heavy (non-hydrogen) atoms. The molecule has 1 atom stereocenters. The fourth-order valence-corrected chi connectivity index (χ4v) is 2.30. The molecule has 0 spiro atoms. The number of rotatable bonds is 5. The smallest absolute Gasteiger partial charge is 0.223 e. The third-order valence-corrected chi connectivity index (χ3v) is 3.89. The van der Waals surface area contributed by atoms with Gasteiger partial charge in [0.05, 0.1) is 6.04 Å². The van der Waals surface area contributed by atoms with Gasteiger partial charge in [0.1, 0.15) is 11.6 Å². The maximum atomic E-state index is 13.5. The summed E-state index contributed by atoms with van der Waals surface area (Å²) in [6.07, 6.45) is 0.606. The highest BCUT2D eigenvalue weighted by atomic mass is 19.1. The minimum atomic E-state index is -0.301. The predicted molar refractivity (Wildman–Crippen MR) is 82.3 cm³/mol. The summed E-state index contributed by atoms with van der Waals surface area (Å²) in [6.45, 7) is 1.88. The first-order valence-electron chi connectivity index (χ1n) is 7.23. The number of hydrogen-bond acceptors (Lipinski definition) is 1. The van der Waals surface area contributed by atoms with Crippen LogP contribution in [0, 0.1) is 11.6 Å². The summed E-state index contributed by atoms with van der Waals surface area (Å²) in [5, 5.41) is 0. The summed E-state index contributed by atoms with van der Waals surface area (Å²) < 4.78 is 26.5. The lowest BCUT2D eigenvalue weighted by Crippen LogP contribution is -2.29. The molecular formula is C18H19F2NO. The van der Waals surface area contributed by atoms with Crippen molar-refractivity contribution in [3.63, 3.8) is 0 Å². The Labute approximate surface area is 129 Å². The van der Waals surface area contributed by atoms with E-state index in [-0.39, 0.29) is 30.0 Å². The van der Waals surface area contributed by atoms with E-state index in [0.29, 0.717) is 12.0 Å². The zero-order chi connectivity index (χ0) is 16.1. The Hall–Kier alpha value is -2.23. The second kappa shape index (κ2) is 7.16. The number of hydrogen-bond donors (Lipinski definition) is 0. The molecule has 0 N–H and O–H groups in total. The minimum absolute atomic E-state index is 0.0694. The summed E-state index contributed by atoms with van der Waals surface area (Å²) in [7, 11) is 1.71. The van der Waals surface area contributed by atoms with Gasteiger partial charge in [0.25, 0.3) is 0 Å². The van der Waals surface area contributed by atoms with Crippen molar-refractivity contribution < 1.29 is 13.6 Å². The van der Waals surface area contributed by atoms with Crippen LogP contribution in [-0.4, -0.2) is 17.9 Å². The molecule has 0 fully saturated rings. The van der Waals surface area contributed by atoms with E-state index in [0.717, 1.165) is 5.56 Å². The van der Waals surface area contributed by atoms with Gasteiger partial charge in [-0.05, 0) is 42.7 Å². The Morgan fingerprint density at radius 3 is 2.36 bits per heavy atom. The summed E-state index contributed by atoms with van der Waals surface area (Å²) in [6, 6.07) is 12.4. The Balaban J connectivity index is 1.97. The molecule has 0 aliphatic carbocycles. The summed E-state index contributed by atoms with van der Waals surface area (Å²) >= 11 is 0. The van der Waals surface area contributed by atoms with Gasteiger partial charge in [-0.2, -0.15) is 0 Å². The lowest BCUT2D eigenvalue weighted by molar-refractivity contribution is -0.131. The molecule has 0 aliphatic rings. The van der Waals surface area contributed by atoms with E-state index in [1.807, 2.05) is 6.92 Å². The molecule has 1 amide bonds. The summed E-state index contributed by atoms with van der Waals surface area (Å²) in [5.74, 6) is -0.658. The molecule has 0 radical (unpaired) electrons. The van der Waals surface area contributed by atoms with Crippen molar-refractivity contribution in [2.24, 2.45) is 0 Å². The average molecular weight is 303 g/mol. The van der Waals surface area contributed by atoms with Crippen molar-refractivity contribution in [3.05, 3.63) is 71.3 Å². The van der Waals surface area contributed by atoms with Crippen LogP contribution in [0.15, 0.2) is 48.5 Å². The molecule has 116 valence electrons. The molecule has 0 saturated heterocycles. The second-order valence-electron chi connectivity index (χ2n) is 5.32. The number of nitrogens with zero attached hydrogens (tertiary/aromatic N) is 1. The molecule has 0 aromatic heterocycles. The van der Waals surface area contributed by atoms with Crippen LogP contribution in [0.4, 0.5) is 8.78 Å². The number of halogens is 2. The lowest BCUT2D eigenvalue weighted by Gasteiger charge is -2.25. The van der Waals surface area contributed by atoms with Crippen LogP contribution >= 0.6 is 0 Å². The topological polar surface area (TPSA) is 20.3 Å². The van der Waals surface area contributed by atoms with Crippen LogP contribution in [0.1, 0.15) is 30.5 Å². The van der Waals surface area contributed by atoms with E-state index >= 15 is 0 Å². The molecule has 4 heteroatoms. The first kappa shape index (κ1) is 16.1. The maximum Gasteiger partial charge on any atom is 0.223 e. The molecule has 1 unspecified atom stereocenters. The van der Waals surface area contributed by atoms with Crippen LogP contribution in [0.5, 0.6) is 0 Å². The third kappa shape index (κ3) is 3.91. The van der Waals surface area contributed by atoms with Crippen molar-refractivity contribution in [2.45, 2.75) is 25.8 Å². The van der Waals surface area contributed by atoms with Crippen LogP contribution < -0.4 is 0 Å². The molecule has 0 aliphatic heterocycles. The molecule has 2 rings (SSSR count). The van der Waals surface area contributed by atoms with Crippen LogP contribution in [0.3, 0.4) is 0 Å². The SMILES string of the molecule is CC(c1ccc(F)cc1)N(C)C(=O)CCc1ccccc1F. The molecule has 0 heterocycles. The highest BCUT2D eigenvalue weighted by Crippen LogP contribution is 2.20. The number of amides is 1. The Morgan fingerprint density at radius 1 is 1.09 bits per heavy atom. The average Bonchev–Trinajstić information content (AvgIpc) is 2.53. The Morgan fingerprint density at radius 2 is 1.73 bits per heavy atom. The van der Waals surface area contributed by atoms with Gasteiger partial charge in [-0.3, -0.25) is 4.79 Å². The first-order valence-corrected chi connectivity index (χ1v) is 7.23. The van der Waals surface area contributed by atoms with Gasteiger partial charge >= 0.3 is 0 Å². The number of aryl methyl sites for hydroxylation is 1. The van der Waals surface area contributed by atoms with Crippen molar-refractivity contribution >= 4 is 5.91 Å². The number of carbonyl (C=O) groups excluding carboxylic acids is 1. The third-order valence-electron chi connectivity index (χ3n) is 3.89. The van der Waals surface area contributed by atoms with E-state index in [9.17, 15) is 13.6 Å². The van der Waals surface area contributed by atoms with E-state index in [1.54, 1.807) is 42.3 Å². The molecule has 0 saturated carbocycles. The van der Waals surface area contributed by atoms with Crippen molar-refractivity contribution in [2.75, 3.05) is 7.05 Å². The van der Waals surface area contributed by atoms with Gasteiger partial charge in [-0.25, -0.2) is 8.78 Å². The van der Waals surface area contributed by atoms with E-state index < -0.39 is 0 Å².